The van der Waals surface area contributed by atoms with Crippen molar-refractivity contribution in [1.82, 2.24) is 10.6 Å². The van der Waals surface area contributed by atoms with E-state index >= 15 is 0 Å². The number of nitrogens with one attached hydrogen (secondary N) is 2. The van der Waals surface area contributed by atoms with Crippen LogP contribution in [0.25, 0.3) is 0 Å². The Kier molecular flexibility index (Phi) is 3.25. The predicted molar refractivity (Wildman–Crippen MR) is 52.1 cm³/mol. The topological polar surface area (TPSA) is 41.1 Å². The van der Waals surface area contributed by atoms with Crippen molar-refractivity contribution in [2.24, 2.45) is 0 Å². The minimum atomic E-state index is -5.84. The molecule has 2 saturated heterocycles. The summed E-state index contributed by atoms with van der Waals surface area (Å²) in [5.74, 6) is -7.57. The van der Waals surface area contributed by atoms with Crippen LogP contribution < -0.4 is 10.6 Å². The first kappa shape index (κ1) is 13.5. The van der Waals surface area contributed by atoms with E-state index in [0.717, 1.165) is 12.8 Å². The van der Waals surface area contributed by atoms with Crippen molar-refractivity contribution in [3.8, 4) is 0 Å². The average molecular weight is 272 g/mol. The Morgan fingerprint density at radius 1 is 1.06 bits per heavy atom. The molecule has 2 atom stereocenters. The summed E-state index contributed by atoms with van der Waals surface area (Å²) in [6, 6.07) is -0.397. The van der Waals surface area contributed by atoms with Crippen molar-refractivity contribution in [2.45, 2.75) is 55.9 Å². The molecule has 104 valence electrons. The van der Waals surface area contributed by atoms with Crippen LogP contribution in [0, 0.1) is 0 Å². The van der Waals surface area contributed by atoms with E-state index in [0.29, 0.717) is 12.8 Å². The Labute approximate surface area is 100 Å². The van der Waals surface area contributed by atoms with E-state index in [-0.39, 0.29) is 12.1 Å². The van der Waals surface area contributed by atoms with Crippen LogP contribution >= 0.6 is 0 Å². The lowest BCUT2D eigenvalue weighted by Gasteiger charge is -2.31. The van der Waals surface area contributed by atoms with Gasteiger partial charge in [-0.05, 0) is 25.7 Å². The maximum Gasteiger partial charge on any atom is 0.463 e. The smallest absolute Gasteiger partial charge is 0.348 e. The first-order valence-electron chi connectivity index (χ1n) is 5.71. The van der Waals surface area contributed by atoms with Gasteiger partial charge in [0.05, 0.1) is 0 Å². The molecular formula is C10H13F5N2O. The van der Waals surface area contributed by atoms with Crippen LogP contribution in [0.5, 0.6) is 0 Å². The van der Waals surface area contributed by atoms with Gasteiger partial charge in [-0.2, -0.15) is 22.0 Å². The zero-order valence-corrected chi connectivity index (χ0v) is 9.36. The standard InChI is InChI=1S/C10H13F5N2O/c11-9(12,10(13,14)15)8(18)17-7-3-5-1-2-6(4-7)16-5/h5-7,16H,1-4H2,(H,17,18). The van der Waals surface area contributed by atoms with Crippen LogP contribution in [0.2, 0.25) is 0 Å². The van der Waals surface area contributed by atoms with Crippen LogP contribution in [0.3, 0.4) is 0 Å². The molecule has 2 fully saturated rings. The summed E-state index contributed by atoms with van der Waals surface area (Å²) in [4.78, 5) is 11.0. The fraction of sp³-hybridized carbons (Fsp3) is 0.900. The Balaban J connectivity index is 1.96. The van der Waals surface area contributed by atoms with E-state index in [1.54, 1.807) is 0 Å². The fourth-order valence-corrected chi connectivity index (χ4v) is 2.58. The first-order chi connectivity index (χ1) is 8.20. The molecule has 8 heteroatoms. The number of fused-ring (bicyclic) bond motifs is 2. The van der Waals surface area contributed by atoms with Gasteiger partial charge < -0.3 is 10.6 Å². The molecular weight excluding hydrogens is 259 g/mol. The molecule has 18 heavy (non-hydrogen) atoms. The number of carbonyl (C=O) groups is 1. The minimum Gasteiger partial charge on any atom is -0.348 e. The van der Waals surface area contributed by atoms with Crippen molar-refractivity contribution in [1.29, 1.82) is 0 Å². The van der Waals surface area contributed by atoms with Gasteiger partial charge in [0, 0.05) is 18.1 Å². The molecule has 0 aliphatic carbocycles. The van der Waals surface area contributed by atoms with Gasteiger partial charge in [-0.3, -0.25) is 4.79 Å². The molecule has 0 aromatic carbocycles. The average Bonchev–Trinajstić information content (AvgIpc) is 2.56. The summed E-state index contributed by atoms with van der Waals surface area (Å²) in [5, 5.41) is 5.02. The molecule has 0 saturated carbocycles. The number of alkyl halides is 5. The van der Waals surface area contributed by atoms with Crippen molar-refractivity contribution in [3.63, 3.8) is 0 Å². The lowest BCUT2D eigenvalue weighted by Crippen LogP contribution is -2.56. The summed E-state index contributed by atoms with van der Waals surface area (Å²) in [6.45, 7) is 0. The monoisotopic (exact) mass is 272 g/mol. The lowest BCUT2D eigenvalue weighted by atomic mass is 9.99. The van der Waals surface area contributed by atoms with Crippen LogP contribution in [0.1, 0.15) is 25.7 Å². The Morgan fingerprint density at radius 2 is 1.56 bits per heavy atom. The number of carbonyl (C=O) groups excluding carboxylic acids is 1. The number of amides is 1. The third-order valence-corrected chi connectivity index (χ3v) is 3.45. The highest BCUT2D eigenvalue weighted by molar-refractivity contribution is 5.84. The predicted octanol–water partition coefficient (Wildman–Crippen LogP) is 1.58. The van der Waals surface area contributed by atoms with E-state index < -0.39 is 24.0 Å². The number of hydrogen-bond donors (Lipinski definition) is 2. The summed E-state index contributed by atoms with van der Waals surface area (Å²) >= 11 is 0. The van der Waals surface area contributed by atoms with Gasteiger partial charge in [0.2, 0.25) is 0 Å². The van der Waals surface area contributed by atoms with Crippen molar-refractivity contribution in [3.05, 3.63) is 0 Å². The lowest BCUT2D eigenvalue weighted by molar-refractivity contribution is -0.270. The van der Waals surface area contributed by atoms with Gasteiger partial charge >= 0.3 is 18.0 Å². The highest BCUT2D eigenvalue weighted by Gasteiger charge is 2.63. The second-order valence-corrected chi connectivity index (χ2v) is 4.85. The third kappa shape index (κ3) is 2.43. The largest absolute Gasteiger partial charge is 0.463 e. The van der Waals surface area contributed by atoms with Gasteiger partial charge in [-0.1, -0.05) is 0 Å². The molecule has 2 unspecified atom stereocenters. The van der Waals surface area contributed by atoms with Gasteiger partial charge in [0.1, 0.15) is 0 Å². The SMILES string of the molecule is O=C(NC1CC2CCC(C1)N2)C(F)(F)C(F)(F)F. The molecule has 2 N–H and O–H groups in total. The molecule has 2 aliphatic heterocycles. The summed E-state index contributed by atoms with van der Waals surface area (Å²) < 4.78 is 61.4. The summed E-state index contributed by atoms with van der Waals surface area (Å²) in [5.41, 5.74) is 0. The van der Waals surface area contributed by atoms with Crippen LogP contribution in [-0.4, -0.2) is 36.1 Å². The van der Waals surface area contributed by atoms with Crippen molar-refractivity contribution < 1.29 is 26.7 Å². The molecule has 2 heterocycles. The molecule has 0 radical (unpaired) electrons. The Bertz CT molecular complexity index is 332. The van der Waals surface area contributed by atoms with E-state index in [2.05, 4.69) is 5.32 Å². The van der Waals surface area contributed by atoms with Crippen molar-refractivity contribution >= 4 is 5.91 Å². The number of halogens is 5. The van der Waals surface area contributed by atoms with E-state index in [9.17, 15) is 26.7 Å². The second kappa shape index (κ2) is 4.32. The molecule has 0 spiro atoms. The van der Waals surface area contributed by atoms with Gasteiger partial charge in [0.25, 0.3) is 0 Å². The number of hydrogen-bond acceptors (Lipinski definition) is 2. The second-order valence-electron chi connectivity index (χ2n) is 4.85. The fourth-order valence-electron chi connectivity index (χ4n) is 2.58. The van der Waals surface area contributed by atoms with E-state index in [1.165, 1.54) is 0 Å². The maximum absolute atomic E-state index is 12.7. The van der Waals surface area contributed by atoms with Crippen molar-refractivity contribution in [2.75, 3.05) is 0 Å². The minimum absolute atomic E-state index is 0.105. The highest BCUT2D eigenvalue weighted by atomic mass is 19.4. The molecule has 0 aromatic heterocycles. The summed E-state index contributed by atoms with van der Waals surface area (Å²) in [6.07, 6.45) is -3.31. The van der Waals surface area contributed by atoms with Gasteiger partial charge in [-0.15, -0.1) is 0 Å². The third-order valence-electron chi connectivity index (χ3n) is 3.45. The van der Waals surface area contributed by atoms with Crippen LogP contribution in [0.4, 0.5) is 22.0 Å². The number of piperidine rings is 1. The summed E-state index contributed by atoms with van der Waals surface area (Å²) in [7, 11) is 0. The molecule has 2 rings (SSSR count). The van der Waals surface area contributed by atoms with E-state index in [4.69, 9.17) is 0 Å². The molecule has 1 amide bonds. The molecule has 3 nitrogen and oxygen atoms in total. The van der Waals surface area contributed by atoms with Gasteiger partial charge in [0.15, 0.2) is 0 Å². The Morgan fingerprint density at radius 3 is 2.00 bits per heavy atom. The molecule has 0 aromatic rings. The van der Waals surface area contributed by atoms with Gasteiger partial charge in [-0.25, -0.2) is 0 Å². The Hall–Kier alpha value is -0.920. The number of rotatable bonds is 2. The molecule has 2 bridgehead atoms. The zero-order valence-electron chi connectivity index (χ0n) is 9.36. The first-order valence-corrected chi connectivity index (χ1v) is 5.71. The maximum atomic E-state index is 12.7. The van der Waals surface area contributed by atoms with Crippen LogP contribution in [0.15, 0.2) is 0 Å². The highest BCUT2D eigenvalue weighted by Crippen LogP contribution is 2.36. The normalized spacial score (nSPS) is 32.4. The zero-order chi connectivity index (χ0) is 13.6. The van der Waals surface area contributed by atoms with E-state index in [1.807, 2.05) is 5.32 Å². The molecule has 2 aliphatic rings. The quantitative estimate of drug-likeness (QED) is 0.749. The van der Waals surface area contributed by atoms with Crippen LogP contribution in [-0.2, 0) is 4.79 Å².